The molecule has 7 heteroatoms. The molecule has 7 nitrogen and oxygen atoms in total. The van der Waals surface area contributed by atoms with Gasteiger partial charge in [-0.25, -0.2) is 4.98 Å². The molecule has 1 fully saturated rings. The van der Waals surface area contributed by atoms with Gasteiger partial charge in [-0.1, -0.05) is 0 Å². The van der Waals surface area contributed by atoms with E-state index in [1.807, 2.05) is 42.4 Å². The molecule has 3 rings (SSSR count). The Morgan fingerprint density at radius 2 is 1.88 bits per heavy atom. The van der Waals surface area contributed by atoms with E-state index in [0.717, 1.165) is 18.8 Å². The van der Waals surface area contributed by atoms with Gasteiger partial charge in [-0.05, 0) is 26.0 Å². The first-order valence-corrected chi connectivity index (χ1v) is 8.61. The summed E-state index contributed by atoms with van der Waals surface area (Å²) in [6.07, 6.45) is 4.51. The van der Waals surface area contributed by atoms with Crippen molar-refractivity contribution in [1.29, 1.82) is 0 Å². The van der Waals surface area contributed by atoms with Crippen LogP contribution in [0.15, 0.2) is 30.6 Å². The van der Waals surface area contributed by atoms with Gasteiger partial charge in [0.1, 0.15) is 0 Å². The molecule has 0 aromatic carbocycles. The van der Waals surface area contributed by atoms with Crippen LogP contribution in [0.3, 0.4) is 0 Å². The number of aromatic nitrogens is 3. The van der Waals surface area contributed by atoms with E-state index in [-0.39, 0.29) is 11.9 Å². The maximum atomic E-state index is 12.5. The van der Waals surface area contributed by atoms with E-state index in [1.165, 1.54) is 0 Å². The van der Waals surface area contributed by atoms with E-state index < -0.39 is 0 Å². The lowest BCUT2D eigenvalue weighted by molar-refractivity contribution is -0.132. The number of hydrogen-bond donors (Lipinski definition) is 0. The lowest BCUT2D eigenvalue weighted by Crippen LogP contribution is -2.49. The summed E-state index contributed by atoms with van der Waals surface area (Å²) in [6, 6.07) is 5.95. The van der Waals surface area contributed by atoms with E-state index in [1.54, 1.807) is 7.11 Å². The number of aryl methyl sites for hydroxylation is 1. The van der Waals surface area contributed by atoms with Crippen molar-refractivity contribution in [3.05, 3.63) is 36.3 Å². The van der Waals surface area contributed by atoms with E-state index in [2.05, 4.69) is 26.4 Å². The zero-order chi connectivity index (χ0) is 17.8. The number of methoxy groups -OCH3 is 1. The monoisotopic (exact) mass is 343 g/mol. The number of amides is 1. The van der Waals surface area contributed by atoms with Gasteiger partial charge in [-0.2, -0.15) is 4.98 Å². The number of carbonyl (C=O) groups excluding carboxylic acids is 1. The molecule has 1 atom stereocenters. The Labute approximate surface area is 148 Å². The van der Waals surface area contributed by atoms with Gasteiger partial charge in [-0.15, -0.1) is 0 Å². The Morgan fingerprint density at radius 3 is 2.52 bits per heavy atom. The first-order valence-electron chi connectivity index (χ1n) is 8.61. The molecule has 1 aliphatic heterocycles. The molecule has 134 valence electrons. The Morgan fingerprint density at radius 1 is 1.20 bits per heavy atom. The summed E-state index contributed by atoms with van der Waals surface area (Å²) in [5.41, 5.74) is 0.876. The zero-order valence-corrected chi connectivity index (χ0v) is 15.1. The summed E-state index contributed by atoms with van der Waals surface area (Å²) < 4.78 is 7.29. The average molecular weight is 343 g/mol. The van der Waals surface area contributed by atoms with E-state index in [4.69, 9.17) is 4.74 Å². The van der Waals surface area contributed by atoms with Crippen molar-refractivity contribution in [3.8, 4) is 5.88 Å². The minimum atomic E-state index is 0.171. The molecule has 1 saturated heterocycles. The molecule has 0 saturated carbocycles. The quantitative estimate of drug-likeness (QED) is 0.830. The second kappa shape index (κ2) is 7.55. The van der Waals surface area contributed by atoms with E-state index in [0.29, 0.717) is 31.3 Å². The molecule has 0 bridgehead atoms. The molecule has 0 spiro atoms. The van der Waals surface area contributed by atoms with Crippen LogP contribution in [0.4, 0.5) is 5.95 Å². The average Bonchev–Trinajstić information content (AvgIpc) is 3.16. The summed E-state index contributed by atoms with van der Waals surface area (Å²) in [5.74, 6) is 1.44. The Bertz CT molecular complexity index is 708. The van der Waals surface area contributed by atoms with Gasteiger partial charge >= 0.3 is 0 Å². The Kier molecular flexibility index (Phi) is 5.21. The van der Waals surface area contributed by atoms with Crippen LogP contribution in [0, 0.1) is 6.92 Å². The molecule has 0 aliphatic carbocycles. The summed E-state index contributed by atoms with van der Waals surface area (Å²) >= 11 is 0. The van der Waals surface area contributed by atoms with Crippen molar-refractivity contribution < 1.29 is 9.53 Å². The second-order valence-corrected chi connectivity index (χ2v) is 6.40. The fourth-order valence-electron chi connectivity index (χ4n) is 3.06. The van der Waals surface area contributed by atoms with Crippen LogP contribution in [0.1, 0.15) is 25.1 Å². The van der Waals surface area contributed by atoms with Crippen molar-refractivity contribution in [3.63, 3.8) is 0 Å². The van der Waals surface area contributed by atoms with Crippen LogP contribution < -0.4 is 9.64 Å². The third-order valence-electron chi connectivity index (χ3n) is 4.55. The van der Waals surface area contributed by atoms with Crippen molar-refractivity contribution in [2.45, 2.75) is 26.3 Å². The Balaban J connectivity index is 1.56. The highest BCUT2D eigenvalue weighted by molar-refractivity contribution is 5.77. The molecule has 2 aromatic heterocycles. The van der Waals surface area contributed by atoms with Crippen LogP contribution in [-0.2, 0) is 4.79 Å². The second-order valence-electron chi connectivity index (χ2n) is 6.40. The minimum absolute atomic E-state index is 0.171. The Hall–Kier alpha value is -2.57. The number of anilines is 1. The van der Waals surface area contributed by atoms with Gasteiger partial charge in [0.2, 0.25) is 17.7 Å². The third-order valence-corrected chi connectivity index (χ3v) is 4.55. The highest BCUT2D eigenvalue weighted by Crippen LogP contribution is 2.18. The largest absolute Gasteiger partial charge is 0.481 e. The van der Waals surface area contributed by atoms with Gasteiger partial charge in [0.15, 0.2) is 0 Å². The normalized spacial score (nSPS) is 16.0. The molecule has 2 aromatic rings. The highest BCUT2D eigenvalue weighted by atomic mass is 16.5. The molecule has 3 heterocycles. The predicted molar refractivity (Wildman–Crippen MR) is 95.9 cm³/mol. The first-order chi connectivity index (χ1) is 12.1. The standard InChI is InChI=1S/C18H25N5O2/c1-14-12-16(25-3)20-18(19-14)23-10-8-22(9-11-23)17(24)13-15(2)21-6-4-5-7-21/h4-7,12,15H,8-11,13H2,1-3H3/t15-/m1/s1. The summed E-state index contributed by atoms with van der Waals surface area (Å²) in [5, 5.41) is 0. The van der Waals surface area contributed by atoms with Crippen LogP contribution >= 0.6 is 0 Å². The van der Waals surface area contributed by atoms with Gasteiger partial charge in [0.25, 0.3) is 0 Å². The van der Waals surface area contributed by atoms with Crippen LogP contribution in [0.2, 0.25) is 0 Å². The number of hydrogen-bond acceptors (Lipinski definition) is 5. The molecule has 1 amide bonds. The minimum Gasteiger partial charge on any atom is -0.481 e. The molecule has 0 N–H and O–H groups in total. The van der Waals surface area contributed by atoms with Gasteiger partial charge in [0.05, 0.1) is 7.11 Å². The van der Waals surface area contributed by atoms with Crippen LogP contribution in [0.25, 0.3) is 0 Å². The summed E-state index contributed by atoms with van der Waals surface area (Å²) in [7, 11) is 1.61. The summed E-state index contributed by atoms with van der Waals surface area (Å²) in [6.45, 7) is 6.84. The maximum absolute atomic E-state index is 12.5. The number of piperazine rings is 1. The number of ether oxygens (including phenoxy) is 1. The molecular weight excluding hydrogens is 318 g/mol. The van der Waals surface area contributed by atoms with E-state index in [9.17, 15) is 4.79 Å². The fraction of sp³-hybridized carbons (Fsp3) is 0.500. The molecule has 0 radical (unpaired) electrons. The van der Waals surface area contributed by atoms with Crippen molar-refractivity contribution in [2.75, 3.05) is 38.2 Å². The molecule has 1 aliphatic rings. The van der Waals surface area contributed by atoms with Gasteiger partial charge in [0, 0.05) is 62.8 Å². The number of rotatable bonds is 5. The maximum Gasteiger partial charge on any atom is 0.228 e. The summed E-state index contributed by atoms with van der Waals surface area (Å²) in [4.78, 5) is 25.5. The lowest BCUT2D eigenvalue weighted by Gasteiger charge is -2.35. The number of carbonyl (C=O) groups is 1. The fourth-order valence-corrected chi connectivity index (χ4v) is 3.06. The predicted octanol–water partition coefficient (Wildman–Crippen LogP) is 1.90. The van der Waals surface area contributed by atoms with Crippen molar-refractivity contribution in [1.82, 2.24) is 19.4 Å². The third kappa shape index (κ3) is 4.10. The molecule has 0 unspecified atom stereocenters. The SMILES string of the molecule is COc1cc(C)nc(N2CCN(C(=O)C[C@@H](C)n3cccc3)CC2)n1. The van der Waals surface area contributed by atoms with Crippen LogP contribution in [0.5, 0.6) is 5.88 Å². The molecule has 25 heavy (non-hydrogen) atoms. The first kappa shape index (κ1) is 17.3. The van der Waals surface area contributed by atoms with Crippen molar-refractivity contribution in [2.24, 2.45) is 0 Å². The van der Waals surface area contributed by atoms with Gasteiger partial charge < -0.3 is 19.1 Å². The van der Waals surface area contributed by atoms with Crippen molar-refractivity contribution >= 4 is 11.9 Å². The number of nitrogens with zero attached hydrogens (tertiary/aromatic N) is 5. The highest BCUT2D eigenvalue weighted by Gasteiger charge is 2.24. The topological polar surface area (TPSA) is 63.5 Å². The van der Waals surface area contributed by atoms with E-state index >= 15 is 0 Å². The van der Waals surface area contributed by atoms with Crippen LogP contribution in [-0.4, -0.2) is 58.6 Å². The lowest BCUT2D eigenvalue weighted by atomic mass is 10.2. The zero-order valence-electron chi connectivity index (χ0n) is 15.1. The molecular formula is C18H25N5O2. The van der Waals surface area contributed by atoms with Gasteiger partial charge in [-0.3, -0.25) is 4.79 Å². The smallest absolute Gasteiger partial charge is 0.228 e.